The van der Waals surface area contributed by atoms with Crippen LogP contribution in [0.2, 0.25) is 0 Å². The number of amides is 3. The number of primary amides is 1. The van der Waals surface area contributed by atoms with Gasteiger partial charge < -0.3 is 39.2 Å². The number of halogens is 1. The van der Waals surface area contributed by atoms with Crippen molar-refractivity contribution in [2.75, 3.05) is 13.1 Å². The Morgan fingerprint density at radius 3 is 2.28 bits per heavy atom. The first kappa shape index (κ1) is 24.4. The topological polar surface area (TPSA) is 157 Å². The summed E-state index contributed by atoms with van der Waals surface area (Å²) in [5, 5.41) is 11.4. The van der Waals surface area contributed by atoms with Gasteiger partial charge in [0, 0.05) is 25.4 Å². The number of nitrogens with two attached hydrogens (primary N) is 1. The molecule has 0 saturated carbocycles. The Hall–Kier alpha value is -2.65. The molecule has 1 aromatic carbocycles. The van der Waals surface area contributed by atoms with Crippen molar-refractivity contribution in [2.24, 2.45) is 11.7 Å². The minimum Gasteiger partial charge on any atom is -1.00 e. The summed E-state index contributed by atoms with van der Waals surface area (Å²) in [6, 6.07) is 7.91. The molecule has 1 fully saturated rings. The van der Waals surface area contributed by atoms with Gasteiger partial charge in [-0.15, -0.1) is 0 Å². The van der Waals surface area contributed by atoms with Crippen molar-refractivity contribution in [2.45, 2.75) is 37.8 Å². The first-order chi connectivity index (χ1) is 13.3. The molecule has 0 bridgehead atoms. The van der Waals surface area contributed by atoms with Gasteiger partial charge in [-0.2, -0.15) is 0 Å². The Morgan fingerprint density at radius 1 is 1.17 bits per heavy atom. The van der Waals surface area contributed by atoms with Crippen LogP contribution >= 0.6 is 0 Å². The fourth-order valence-corrected chi connectivity index (χ4v) is 3.30. The maximum atomic E-state index is 12.6. The highest BCUT2D eigenvalue weighted by Gasteiger charge is 2.32. The maximum absolute atomic E-state index is 12.6. The second-order valence-corrected chi connectivity index (χ2v) is 7.06. The molecule has 0 aliphatic carbocycles. The lowest BCUT2D eigenvalue weighted by atomic mass is 9.94. The monoisotopic (exact) mass is 426 g/mol. The van der Waals surface area contributed by atoms with E-state index in [1.54, 1.807) is 4.90 Å². The predicted octanol–water partition coefficient (Wildman–Crippen LogP) is -4.47. The third-order valence-corrected chi connectivity index (χ3v) is 4.87. The Bertz CT molecular complexity index is 723. The van der Waals surface area contributed by atoms with E-state index in [9.17, 15) is 19.2 Å². The van der Waals surface area contributed by atoms with Crippen LogP contribution in [0.15, 0.2) is 30.3 Å². The normalized spacial score (nSPS) is 16.2. The Morgan fingerprint density at radius 2 is 1.76 bits per heavy atom. The number of likely N-dealkylation sites (tertiary alicyclic amines) is 1. The molecule has 1 aliphatic heterocycles. The number of nitrogens with zero attached hydrogens (tertiary/aromatic N) is 1. The van der Waals surface area contributed by atoms with E-state index >= 15 is 0 Å². The van der Waals surface area contributed by atoms with Crippen molar-refractivity contribution in [3.8, 4) is 0 Å². The number of carbonyl (C=O) groups is 4. The number of benzene rings is 1. The number of hydrogen-bond acceptors (Lipinski definition) is 4. The molecular weight excluding hydrogens is 400 g/mol. The van der Waals surface area contributed by atoms with Crippen LogP contribution in [0, 0.1) is 5.92 Å². The average Bonchev–Trinajstić information content (AvgIpc) is 2.67. The molecule has 0 radical (unpaired) electrons. The number of nitrogens with one attached hydrogen (secondary N) is 1. The summed E-state index contributed by atoms with van der Waals surface area (Å²) in [5.41, 5.74) is 10.0. The Labute approximate surface area is 175 Å². The molecule has 3 amide bonds. The SMILES string of the molecule is NC(=O)C[C@H](NC(=O)C1CCN(C(=O)[C@@H]([NH3+])Cc2ccccc2)CC1)C(=O)O.[Cl-]. The minimum absolute atomic E-state index is 0. The second-order valence-electron chi connectivity index (χ2n) is 7.06. The fourth-order valence-electron chi connectivity index (χ4n) is 3.30. The van der Waals surface area contributed by atoms with Gasteiger partial charge in [0.1, 0.15) is 6.04 Å². The highest BCUT2D eigenvalue weighted by atomic mass is 35.5. The van der Waals surface area contributed by atoms with Crippen LogP contribution in [0.5, 0.6) is 0 Å². The summed E-state index contributed by atoms with van der Waals surface area (Å²) in [6.07, 6.45) is 0.950. The molecule has 29 heavy (non-hydrogen) atoms. The first-order valence-corrected chi connectivity index (χ1v) is 9.25. The molecular formula is C19H27ClN4O5. The zero-order valence-electron chi connectivity index (χ0n) is 16.1. The van der Waals surface area contributed by atoms with Crippen LogP contribution in [-0.4, -0.2) is 58.9 Å². The number of quaternary nitrogens is 1. The highest BCUT2D eigenvalue weighted by Crippen LogP contribution is 2.18. The standard InChI is InChI=1S/C19H26N4O5.ClH/c20-14(10-12-4-2-1-3-5-12)18(26)23-8-6-13(7-9-23)17(25)22-15(19(27)28)11-16(21)24;/h1-5,13-15H,6-11,20H2,(H2,21,24)(H,22,25)(H,27,28);1H/t14-,15-;/m0./s1. The third kappa shape index (κ3) is 7.35. The van der Waals surface area contributed by atoms with Gasteiger partial charge in [-0.05, 0) is 18.4 Å². The molecule has 1 aromatic rings. The maximum Gasteiger partial charge on any atom is 0.326 e. The molecule has 1 aliphatic rings. The zero-order chi connectivity index (χ0) is 20.7. The highest BCUT2D eigenvalue weighted by molar-refractivity contribution is 5.89. The summed E-state index contributed by atoms with van der Waals surface area (Å²) in [4.78, 5) is 48.7. The van der Waals surface area contributed by atoms with Crippen molar-refractivity contribution >= 4 is 23.7 Å². The van der Waals surface area contributed by atoms with Crippen molar-refractivity contribution in [3.63, 3.8) is 0 Å². The molecule has 1 saturated heterocycles. The number of carboxylic acid groups (broad SMARTS) is 1. The van der Waals surface area contributed by atoms with Crippen LogP contribution in [0.1, 0.15) is 24.8 Å². The van der Waals surface area contributed by atoms with Gasteiger partial charge in [0.2, 0.25) is 11.8 Å². The van der Waals surface area contributed by atoms with E-state index in [1.165, 1.54) is 0 Å². The Kier molecular flexibility index (Phi) is 9.57. The quantitative estimate of drug-likeness (QED) is 0.329. The van der Waals surface area contributed by atoms with E-state index in [4.69, 9.17) is 10.8 Å². The fraction of sp³-hybridized carbons (Fsp3) is 0.474. The third-order valence-electron chi connectivity index (χ3n) is 4.87. The Balaban J connectivity index is 0.00000420. The molecule has 2 rings (SSSR count). The largest absolute Gasteiger partial charge is 1.00 e. The second kappa shape index (κ2) is 11.4. The van der Waals surface area contributed by atoms with Crippen LogP contribution in [0.3, 0.4) is 0 Å². The smallest absolute Gasteiger partial charge is 0.326 e. The lowest BCUT2D eigenvalue weighted by Crippen LogP contribution is -3.00. The number of piperidine rings is 1. The molecule has 1 heterocycles. The summed E-state index contributed by atoms with van der Waals surface area (Å²) >= 11 is 0. The van der Waals surface area contributed by atoms with Crippen molar-refractivity contribution < 1.29 is 42.4 Å². The summed E-state index contributed by atoms with van der Waals surface area (Å²) in [5.74, 6) is -3.00. The van der Waals surface area contributed by atoms with Gasteiger partial charge in [-0.1, -0.05) is 30.3 Å². The van der Waals surface area contributed by atoms with Gasteiger partial charge >= 0.3 is 5.97 Å². The zero-order valence-corrected chi connectivity index (χ0v) is 16.8. The predicted molar refractivity (Wildman–Crippen MR) is 99.5 cm³/mol. The van der Waals surface area contributed by atoms with E-state index < -0.39 is 42.2 Å². The number of rotatable bonds is 8. The minimum atomic E-state index is -1.33. The average molecular weight is 427 g/mol. The van der Waals surface area contributed by atoms with E-state index in [1.807, 2.05) is 30.3 Å². The van der Waals surface area contributed by atoms with Crippen molar-refractivity contribution in [3.05, 3.63) is 35.9 Å². The van der Waals surface area contributed by atoms with Gasteiger partial charge in [0.25, 0.3) is 5.91 Å². The number of carbonyl (C=O) groups excluding carboxylic acids is 3. The molecule has 10 heteroatoms. The first-order valence-electron chi connectivity index (χ1n) is 9.25. The van der Waals surface area contributed by atoms with Crippen molar-refractivity contribution in [1.82, 2.24) is 10.2 Å². The molecule has 0 aromatic heterocycles. The van der Waals surface area contributed by atoms with Crippen LogP contribution in [-0.2, 0) is 25.6 Å². The van der Waals surface area contributed by atoms with Gasteiger partial charge in [-0.25, -0.2) is 4.79 Å². The number of carboxylic acids is 1. The molecule has 7 N–H and O–H groups in total. The summed E-state index contributed by atoms with van der Waals surface area (Å²) in [6.45, 7) is 0.816. The lowest BCUT2D eigenvalue weighted by molar-refractivity contribution is -0.405. The van der Waals surface area contributed by atoms with E-state index in [2.05, 4.69) is 11.1 Å². The van der Waals surface area contributed by atoms with Crippen LogP contribution < -0.4 is 29.2 Å². The molecule has 0 unspecified atom stereocenters. The van der Waals surface area contributed by atoms with E-state index in [0.29, 0.717) is 32.4 Å². The summed E-state index contributed by atoms with van der Waals surface area (Å²) in [7, 11) is 0. The van der Waals surface area contributed by atoms with Crippen molar-refractivity contribution in [1.29, 1.82) is 0 Å². The molecule has 2 atom stereocenters. The van der Waals surface area contributed by atoms with Crippen LogP contribution in [0.25, 0.3) is 0 Å². The number of aliphatic carboxylic acids is 1. The van der Waals surface area contributed by atoms with Crippen LogP contribution in [0.4, 0.5) is 0 Å². The van der Waals surface area contributed by atoms with Gasteiger partial charge in [-0.3, -0.25) is 14.4 Å². The van der Waals surface area contributed by atoms with E-state index in [0.717, 1.165) is 5.56 Å². The van der Waals surface area contributed by atoms with Gasteiger partial charge in [0.05, 0.1) is 6.42 Å². The van der Waals surface area contributed by atoms with Gasteiger partial charge in [0.15, 0.2) is 6.04 Å². The lowest BCUT2D eigenvalue weighted by Gasteiger charge is -2.32. The molecule has 160 valence electrons. The molecule has 0 spiro atoms. The summed E-state index contributed by atoms with van der Waals surface area (Å²) < 4.78 is 0. The van der Waals surface area contributed by atoms with E-state index in [-0.39, 0.29) is 18.3 Å². The number of hydrogen-bond donors (Lipinski definition) is 4. The molecule has 9 nitrogen and oxygen atoms in total.